The molecule has 29 heavy (non-hydrogen) atoms. The van der Waals surface area contributed by atoms with E-state index in [2.05, 4.69) is 22.3 Å². The number of esters is 1. The fourth-order valence-electron chi connectivity index (χ4n) is 4.56. The highest BCUT2D eigenvalue weighted by Crippen LogP contribution is 2.53. The highest BCUT2D eigenvalue weighted by molar-refractivity contribution is 5.89. The van der Waals surface area contributed by atoms with E-state index in [9.17, 15) is 9.59 Å². The second kappa shape index (κ2) is 7.63. The first-order chi connectivity index (χ1) is 13.8. The van der Waals surface area contributed by atoms with E-state index in [1.807, 2.05) is 43.9 Å². The number of ether oxygens (including phenoxy) is 1. The number of carbonyl (C=O) groups is 2. The molecule has 1 N–H and O–H groups in total. The molecule has 2 unspecified atom stereocenters. The normalized spacial score (nSPS) is 26.3. The molecule has 1 aliphatic carbocycles. The lowest BCUT2D eigenvalue weighted by Crippen LogP contribution is -2.60. The molecule has 2 atom stereocenters. The maximum atomic E-state index is 13.3. The van der Waals surface area contributed by atoms with Crippen molar-refractivity contribution >= 4 is 17.6 Å². The van der Waals surface area contributed by atoms with Gasteiger partial charge in [0.1, 0.15) is 11.6 Å². The van der Waals surface area contributed by atoms with Gasteiger partial charge in [0.2, 0.25) is 5.91 Å². The third-order valence-electron chi connectivity index (χ3n) is 6.40. The van der Waals surface area contributed by atoms with Crippen LogP contribution < -0.4 is 10.2 Å². The molecule has 0 radical (unpaired) electrons. The van der Waals surface area contributed by atoms with Gasteiger partial charge in [0.25, 0.3) is 0 Å². The van der Waals surface area contributed by atoms with Crippen LogP contribution in [-0.2, 0) is 14.3 Å². The number of para-hydroxylation sites is 1. The summed E-state index contributed by atoms with van der Waals surface area (Å²) >= 11 is 0. The number of nitrogens with one attached hydrogen (secondary N) is 1. The van der Waals surface area contributed by atoms with Crippen molar-refractivity contribution in [3.8, 4) is 0 Å². The van der Waals surface area contributed by atoms with Gasteiger partial charge in [0, 0.05) is 38.4 Å². The predicted molar refractivity (Wildman–Crippen MR) is 113 cm³/mol. The third kappa shape index (κ3) is 4.58. The molecule has 2 saturated heterocycles. The van der Waals surface area contributed by atoms with Crippen molar-refractivity contribution in [2.24, 2.45) is 11.3 Å². The Hall–Kier alpha value is -2.08. The summed E-state index contributed by atoms with van der Waals surface area (Å²) in [4.78, 5) is 30.5. The van der Waals surface area contributed by atoms with Gasteiger partial charge in [-0.1, -0.05) is 18.2 Å². The monoisotopic (exact) mass is 399 g/mol. The topological polar surface area (TPSA) is 61.9 Å². The van der Waals surface area contributed by atoms with Gasteiger partial charge in [0.05, 0.1) is 5.92 Å². The van der Waals surface area contributed by atoms with Gasteiger partial charge in [-0.05, 0) is 57.6 Å². The molecule has 1 spiro atoms. The minimum atomic E-state index is -0.542. The van der Waals surface area contributed by atoms with E-state index in [1.165, 1.54) is 5.69 Å². The molecule has 0 bridgehead atoms. The second-order valence-corrected chi connectivity index (χ2v) is 9.85. The molecular weight excluding hydrogens is 366 g/mol. The van der Waals surface area contributed by atoms with Crippen molar-refractivity contribution in [2.45, 2.75) is 51.7 Å². The lowest BCUT2D eigenvalue weighted by atomic mass is 9.81. The Balaban J connectivity index is 1.41. The summed E-state index contributed by atoms with van der Waals surface area (Å²) in [5, 5.41) is 3.42. The number of piperidine rings is 1. The van der Waals surface area contributed by atoms with Gasteiger partial charge in [-0.25, -0.2) is 0 Å². The Morgan fingerprint density at radius 1 is 1.07 bits per heavy atom. The SMILES string of the molecule is CC(C)(C)OC(=O)C1CC2(CC2)CNC1C(=O)N1CCN(c2ccccc2)CC1. The molecule has 0 aromatic heterocycles. The molecule has 3 aliphatic rings. The Kier molecular flexibility index (Phi) is 5.32. The zero-order valence-electron chi connectivity index (χ0n) is 17.8. The Morgan fingerprint density at radius 2 is 1.72 bits per heavy atom. The fraction of sp³-hybridized carbons (Fsp3) is 0.652. The van der Waals surface area contributed by atoms with Crippen LogP contribution in [0.1, 0.15) is 40.0 Å². The van der Waals surface area contributed by atoms with E-state index < -0.39 is 17.6 Å². The molecule has 2 aliphatic heterocycles. The molecule has 1 aromatic carbocycles. The Labute approximate surface area is 173 Å². The van der Waals surface area contributed by atoms with Crippen LogP contribution in [0.25, 0.3) is 0 Å². The van der Waals surface area contributed by atoms with Crippen LogP contribution in [0.2, 0.25) is 0 Å². The lowest BCUT2D eigenvalue weighted by molar-refractivity contribution is -0.165. The van der Waals surface area contributed by atoms with E-state index in [0.29, 0.717) is 13.1 Å². The fourth-order valence-corrected chi connectivity index (χ4v) is 4.56. The number of nitrogens with zero attached hydrogens (tertiary/aromatic N) is 2. The molecule has 6 nitrogen and oxygen atoms in total. The molecule has 1 amide bonds. The van der Waals surface area contributed by atoms with E-state index in [-0.39, 0.29) is 17.3 Å². The average Bonchev–Trinajstić information content (AvgIpc) is 3.45. The zero-order valence-corrected chi connectivity index (χ0v) is 17.8. The molecule has 6 heteroatoms. The molecule has 2 heterocycles. The minimum absolute atomic E-state index is 0.0454. The summed E-state index contributed by atoms with van der Waals surface area (Å²) < 4.78 is 5.68. The number of hydrogen-bond donors (Lipinski definition) is 1. The van der Waals surface area contributed by atoms with Gasteiger partial charge >= 0.3 is 5.97 Å². The number of anilines is 1. The van der Waals surface area contributed by atoms with Crippen LogP contribution in [0.15, 0.2) is 30.3 Å². The minimum Gasteiger partial charge on any atom is -0.460 e. The van der Waals surface area contributed by atoms with Crippen LogP contribution in [0.5, 0.6) is 0 Å². The summed E-state index contributed by atoms with van der Waals surface area (Å²) in [5.41, 5.74) is 0.850. The first-order valence-corrected chi connectivity index (χ1v) is 10.8. The van der Waals surface area contributed by atoms with Gasteiger partial charge < -0.3 is 19.9 Å². The van der Waals surface area contributed by atoms with Crippen LogP contribution in [0, 0.1) is 11.3 Å². The maximum absolute atomic E-state index is 13.3. The maximum Gasteiger partial charge on any atom is 0.311 e. The second-order valence-electron chi connectivity index (χ2n) is 9.85. The van der Waals surface area contributed by atoms with Gasteiger partial charge in [-0.2, -0.15) is 0 Å². The standard InChI is InChI=1S/C23H33N3O3/c1-22(2,3)29-21(28)18-15-23(9-10-23)16-24-19(18)20(27)26-13-11-25(12-14-26)17-7-5-4-6-8-17/h4-8,18-19,24H,9-16H2,1-3H3. The van der Waals surface area contributed by atoms with E-state index >= 15 is 0 Å². The average molecular weight is 400 g/mol. The quantitative estimate of drug-likeness (QED) is 0.791. The van der Waals surface area contributed by atoms with Crippen molar-refractivity contribution < 1.29 is 14.3 Å². The van der Waals surface area contributed by atoms with Crippen LogP contribution in [0.4, 0.5) is 5.69 Å². The van der Waals surface area contributed by atoms with Crippen LogP contribution in [-0.4, -0.2) is 61.1 Å². The first kappa shape index (κ1) is 20.2. The lowest BCUT2D eigenvalue weighted by Gasteiger charge is -2.41. The Morgan fingerprint density at radius 3 is 2.31 bits per heavy atom. The van der Waals surface area contributed by atoms with Crippen molar-refractivity contribution in [3.63, 3.8) is 0 Å². The number of hydrogen-bond acceptors (Lipinski definition) is 5. The highest BCUT2D eigenvalue weighted by Gasteiger charge is 2.53. The summed E-state index contributed by atoms with van der Waals surface area (Å²) in [6.07, 6.45) is 3.03. The number of rotatable bonds is 3. The van der Waals surface area contributed by atoms with E-state index in [4.69, 9.17) is 4.74 Å². The van der Waals surface area contributed by atoms with Crippen molar-refractivity contribution in [1.82, 2.24) is 10.2 Å². The molecule has 1 aromatic rings. The predicted octanol–water partition coefficient (Wildman–Crippen LogP) is 2.44. The van der Waals surface area contributed by atoms with E-state index in [1.54, 1.807) is 0 Å². The number of piperazine rings is 1. The van der Waals surface area contributed by atoms with Crippen LogP contribution in [0.3, 0.4) is 0 Å². The first-order valence-electron chi connectivity index (χ1n) is 10.8. The van der Waals surface area contributed by atoms with Gasteiger partial charge in [-0.15, -0.1) is 0 Å². The van der Waals surface area contributed by atoms with E-state index in [0.717, 1.165) is 38.9 Å². The highest BCUT2D eigenvalue weighted by atomic mass is 16.6. The molecule has 1 saturated carbocycles. The van der Waals surface area contributed by atoms with Gasteiger partial charge in [-0.3, -0.25) is 9.59 Å². The summed E-state index contributed by atoms with van der Waals surface area (Å²) in [6.45, 7) is 9.45. The third-order valence-corrected chi connectivity index (χ3v) is 6.40. The van der Waals surface area contributed by atoms with Crippen LogP contribution >= 0.6 is 0 Å². The number of benzene rings is 1. The summed E-state index contributed by atoms with van der Waals surface area (Å²) in [7, 11) is 0. The van der Waals surface area contributed by atoms with Crippen molar-refractivity contribution in [1.29, 1.82) is 0 Å². The zero-order chi connectivity index (χ0) is 20.6. The van der Waals surface area contributed by atoms with Crippen molar-refractivity contribution in [2.75, 3.05) is 37.6 Å². The summed E-state index contributed by atoms with van der Waals surface area (Å²) in [6, 6.07) is 9.83. The smallest absolute Gasteiger partial charge is 0.311 e. The van der Waals surface area contributed by atoms with Gasteiger partial charge in [0.15, 0.2) is 0 Å². The molecule has 158 valence electrons. The number of amides is 1. The number of carbonyl (C=O) groups excluding carboxylic acids is 2. The summed E-state index contributed by atoms with van der Waals surface area (Å²) in [5.74, 6) is -0.591. The largest absolute Gasteiger partial charge is 0.460 e. The molecular formula is C23H33N3O3. The molecule has 3 fully saturated rings. The van der Waals surface area contributed by atoms with Crippen molar-refractivity contribution in [3.05, 3.63) is 30.3 Å². The molecule has 4 rings (SSSR count). The Bertz CT molecular complexity index is 746.